The van der Waals surface area contributed by atoms with Crippen LogP contribution in [-0.4, -0.2) is 26.2 Å². The number of nitrogens with zero attached hydrogens (tertiary/aromatic N) is 2. The fourth-order valence-corrected chi connectivity index (χ4v) is 1.89. The number of aliphatic hydroxyl groups excluding tert-OH is 1. The summed E-state index contributed by atoms with van der Waals surface area (Å²) >= 11 is 0. The van der Waals surface area contributed by atoms with Gasteiger partial charge in [0.05, 0.1) is 18.0 Å². The SMILES string of the molecule is Cc1nc(CCO)n(C)c1-c1cc[nH]c1. The predicted molar refractivity (Wildman–Crippen MR) is 58.5 cm³/mol. The van der Waals surface area contributed by atoms with Crippen molar-refractivity contribution in [3.8, 4) is 11.3 Å². The number of rotatable bonds is 3. The van der Waals surface area contributed by atoms with Crippen molar-refractivity contribution in [1.29, 1.82) is 0 Å². The lowest BCUT2D eigenvalue weighted by Crippen LogP contribution is -2.01. The number of aliphatic hydroxyl groups is 1. The molecule has 0 spiro atoms. The molecule has 80 valence electrons. The summed E-state index contributed by atoms with van der Waals surface area (Å²) < 4.78 is 2.04. The second-order valence-corrected chi connectivity index (χ2v) is 3.59. The van der Waals surface area contributed by atoms with E-state index in [2.05, 4.69) is 9.97 Å². The summed E-state index contributed by atoms with van der Waals surface area (Å²) in [5.41, 5.74) is 3.24. The minimum atomic E-state index is 0.136. The molecule has 2 aromatic heterocycles. The summed E-state index contributed by atoms with van der Waals surface area (Å²) in [6.07, 6.45) is 4.45. The number of nitrogens with one attached hydrogen (secondary N) is 1. The quantitative estimate of drug-likeness (QED) is 0.792. The number of hydrogen-bond acceptors (Lipinski definition) is 2. The second-order valence-electron chi connectivity index (χ2n) is 3.59. The van der Waals surface area contributed by atoms with Crippen LogP contribution in [0, 0.1) is 6.92 Å². The zero-order chi connectivity index (χ0) is 10.8. The summed E-state index contributed by atoms with van der Waals surface area (Å²) in [5, 5.41) is 8.92. The van der Waals surface area contributed by atoms with Gasteiger partial charge in [-0.15, -0.1) is 0 Å². The van der Waals surface area contributed by atoms with Crippen molar-refractivity contribution in [3.63, 3.8) is 0 Å². The van der Waals surface area contributed by atoms with Gasteiger partial charge >= 0.3 is 0 Å². The third-order valence-electron chi connectivity index (χ3n) is 2.57. The lowest BCUT2D eigenvalue weighted by molar-refractivity contribution is 0.295. The van der Waals surface area contributed by atoms with Crippen LogP contribution in [0.2, 0.25) is 0 Å². The third kappa shape index (κ3) is 1.68. The summed E-state index contributed by atoms with van der Waals surface area (Å²) in [6.45, 7) is 2.13. The van der Waals surface area contributed by atoms with Crippen LogP contribution >= 0.6 is 0 Å². The molecule has 0 radical (unpaired) electrons. The topological polar surface area (TPSA) is 53.8 Å². The lowest BCUT2D eigenvalue weighted by Gasteiger charge is -2.03. The Bertz CT molecular complexity index is 443. The Morgan fingerprint density at radius 2 is 2.33 bits per heavy atom. The first kappa shape index (κ1) is 9.98. The molecule has 2 aromatic rings. The van der Waals surface area contributed by atoms with Crippen LogP contribution < -0.4 is 0 Å². The molecule has 0 aliphatic heterocycles. The fourth-order valence-electron chi connectivity index (χ4n) is 1.89. The molecule has 0 saturated carbocycles. The number of imidazole rings is 1. The van der Waals surface area contributed by atoms with Crippen LogP contribution in [-0.2, 0) is 13.5 Å². The molecule has 15 heavy (non-hydrogen) atoms. The first-order valence-electron chi connectivity index (χ1n) is 5.00. The summed E-state index contributed by atoms with van der Waals surface area (Å²) in [7, 11) is 1.98. The van der Waals surface area contributed by atoms with Crippen molar-refractivity contribution < 1.29 is 5.11 Å². The van der Waals surface area contributed by atoms with E-state index >= 15 is 0 Å². The van der Waals surface area contributed by atoms with Gasteiger partial charge in [-0.3, -0.25) is 0 Å². The van der Waals surface area contributed by atoms with Crippen LogP contribution in [0.4, 0.5) is 0 Å². The van der Waals surface area contributed by atoms with Gasteiger partial charge in [-0.2, -0.15) is 0 Å². The number of aromatic amines is 1. The van der Waals surface area contributed by atoms with Gasteiger partial charge in [-0.1, -0.05) is 0 Å². The number of aryl methyl sites for hydroxylation is 1. The van der Waals surface area contributed by atoms with E-state index in [1.807, 2.05) is 37.0 Å². The molecule has 0 aliphatic rings. The summed E-state index contributed by atoms with van der Waals surface area (Å²) in [5.74, 6) is 0.922. The average molecular weight is 205 g/mol. The lowest BCUT2D eigenvalue weighted by atomic mass is 10.2. The first-order valence-corrected chi connectivity index (χ1v) is 5.00. The van der Waals surface area contributed by atoms with Crippen molar-refractivity contribution in [2.45, 2.75) is 13.3 Å². The fraction of sp³-hybridized carbons (Fsp3) is 0.364. The zero-order valence-corrected chi connectivity index (χ0v) is 8.99. The molecule has 0 atom stereocenters. The Morgan fingerprint density at radius 1 is 1.53 bits per heavy atom. The highest BCUT2D eigenvalue weighted by molar-refractivity contribution is 5.61. The molecule has 2 rings (SSSR count). The molecule has 2 N–H and O–H groups in total. The molecular weight excluding hydrogens is 190 g/mol. The van der Waals surface area contributed by atoms with Crippen LogP contribution in [0.25, 0.3) is 11.3 Å². The van der Waals surface area contributed by atoms with Gasteiger partial charge in [0, 0.05) is 31.4 Å². The Morgan fingerprint density at radius 3 is 2.93 bits per heavy atom. The molecule has 0 fully saturated rings. The van der Waals surface area contributed by atoms with Crippen LogP contribution in [0.1, 0.15) is 11.5 Å². The molecule has 0 aliphatic carbocycles. The molecule has 4 nitrogen and oxygen atoms in total. The van der Waals surface area contributed by atoms with Crippen LogP contribution in [0.5, 0.6) is 0 Å². The van der Waals surface area contributed by atoms with E-state index < -0.39 is 0 Å². The maximum atomic E-state index is 8.92. The molecule has 0 bridgehead atoms. The third-order valence-corrected chi connectivity index (χ3v) is 2.57. The Labute approximate surface area is 88.6 Å². The standard InChI is InChI=1S/C11H15N3O/c1-8-11(9-3-5-12-7-9)14(2)10(13-8)4-6-15/h3,5,7,12,15H,4,6H2,1-2H3. The zero-order valence-electron chi connectivity index (χ0n) is 8.99. The average Bonchev–Trinajstić information content (AvgIpc) is 2.77. The van der Waals surface area contributed by atoms with Crippen molar-refractivity contribution in [3.05, 3.63) is 30.0 Å². The summed E-state index contributed by atoms with van der Waals surface area (Å²) in [4.78, 5) is 7.48. The van der Waals surface area contributed by atoms with Gasteiger partial charge in [0.2, 0.25) is 0 Å². The van der Waals surface area contributed by atoms with E-state index in [-0.39, 0.29) is 6.61 Å². The Hall–Kier alpha value is -1.55. The van der Waals surface area contributed by atoms with E-state index in [0.717, 1.165) is 22.8 Å². The first-order chi connectivity index (χ1) is 7.24. The molecule has 0 aromatic carbocycles. The smallest absolute Gasteiger partial charge is 0.111 e. The van der Waals surface area contributed by atoms with Crippen molar-refractivity contribution in [1.82, 2.24) is 14.5 Å². The predicted octanol–water partition coefficient (Wildman–Crippen LogP) is 1.26. The van der Waals surface area contributed by atoms with Crippen molar-refractivity contribution in [2.75, 3.05) is 6.61 Å². The normalized spacial score (nSPS) is 10.9. The van der Waals surface area contributed by atoms with E-state index in [1.54, 1.807) is 0 Å². The van der Waals surface area contributed by atoms with Gasteiger partial charge in [0.1, 0.15) is 5.82 Å². The number of hydrogen-bond donors (Lipinski definition) is 2. The Kier molecular flexibility index (Phi) is 2.60. The maximum absolute atomic E-state index is 8.92. The van der Waals surface area contributed by atoms with E-state index in [4.69, 9.17) is 5.11 Å². The highest BCUT2D eigenvalue weighted by Crippen LogP contribution is 2.23. The number of H-pyrrole nitrogens is 1. The van der Waals surface area contributed by atoms with Gasteiger partial charge in [-0.25, -0.2) is 4.98 Å². The van der Waals surface area contributed by atoms with Crippen LogP contribution in [0.15, 0.2) is 18.5 Å². The molecule has 0 saturated heterocycles. The van der Waals surface area contributed by atoms with Crippen LogP contribution in [0.3, 0.4) is 0 Å². The largest absolute Gasteiger partial charge is 0.396 e. The molecule has 2 heterocycles. The van der Waals surface area contributed by atoms with Gasteiger partial charge in [0.15, 0.2) is 0 Å². The highest BCUT2D eigenvalue weighted by atomic mass is 16.3. The second kappa shape index (κ2) is 3.90. The van der Waals surface area contributed by atoms with E-state index in [1.165, 1.54) is 0 Å². The molecular formula is C11H15N3O. The Balaban J connectivity index is 2.48. The highest BCUT2D eigenvalue weighted by Gasteiger charge is 2.12. The van der Waals surface area contributed by atoms with E-state index in [9.17, 15) is 0 Å². The van der Waals surface area contributed by atoms with Crippen molar-refractivity contribution in [2.24, 2.45) is 7.05 Å². The molecule has 0 unspecified atom stereocenters. The van der Waals surface area contributed by atoms with Gasteiger partial charge < -0.3 is 14.7 Å². The maximum Gasteiger partial charge on any atom is 0.111 e. The molecule has 4 heteroatoms. The summed E-state index contributed by atoms with van der Waals surface area (Å²) in [6, 6.07) is 2.02. The monoisotopic (exact) mass is 205 g/mol. The minimum Gasteiger partial charge on any atom is -0.396 e. The van der Waals surface area contributed by atoms with Gasteiger partial charge in [-0.05, 0) is 13.0 Å². The number of aromatic nitrogens is 3. The van der Waals surface area contributed by atoms with E-state index in [0.29, 0.717) is 6.42 Å². The van der Waals surface area contributed by atoms with Crippen molar-refractivity contribution >= 4 is 0 Å². The van der Waals surface area contributed by atoms with Gasteiger partial charge in [0.25, 0.3) is 0 Å². The molecule has 0 amide bonds. The minimum absolute atomic E-state index is 0.136.